The van der Waals surface area contributed by atoms with Crippen LogP contribution in [0.25, 0.3) is 22.7 Å². The molecule has 0 saturated heterocycles. The van der Waals surface area contributed by atoms with Crippen LogP contribution >= 0.6 is 15.9 Å². The average Bonchev–Trinajstić information content (AvgIpc) is 3.10. The lowest BCUT2D eigenvalue weighted by Gasteiger charge is -2.05. The average molecular weight is 418 g/mol. The summed E-state index contributed by atoms with van der Waals surface area (Å²) in [6.45, 7) is 1.99. The van der Waals surface area contributed by atoms with E-state index in [4.69, 9.17) is 4.42 Å². The van der Waals surface area contributed by atoms with Gasteiger partial charge in [0.1, 0.15) is 5.52 Å². The fourth-order valence-corrected chi connectivity index (χ4v) is 3.25. The molecule has 0 aliphatic rings. The lowest BCUT2D eigenvalue weighted by atomic mass is 10.00. The Bertz CT molecular complexity index is 1120. The van der Waals surface area contributed by atoms with Gasteiger partial charge in [-0.05, 0) is 42.8 Å². The molecule has 0 unspecified atom stereocenters. The van der Waals surface area contributed by atoms with Crippen molar-refractivity contribution in [2.24, 2.45) is 0 Å². The number of oxazole rings is 1. The number of ketones is 1. The number of allylic oxidation sites excluding steroid dienone is 1. The lowest BCUT2D eigenvalue weighted by Crippen LogP contribution is -2.03. The number of aryl methyl sites for hydroxylation is 1. The molecule has 0 saturated carbocycles. The molecule has 0 aliphatic heterocycles. The molecule has 0 fully saturated rings. The number of aromatic nitrogens is 1. The van der Waals surface area contributed by atoms with Gasteiger partial charge in [-0.1, -0.05) is 70.0 Å². The van der Waals surface area contributed by atoms with Crippen molar-refractivity contribution in [3.8, 4) is 0 Å². The summed E-state index contributed by atoms with van der Waals surface area (Å²) in [7, 11) is 0. The maximum atomic E-state index is 13.2. The van der Waals surface area contributed by atoms with Gasteiger partial charge in [0.2, 0.25) is 5.89 Å². The van der Waals surface area contributed by atoms with Crippen LogP contribution in [0.15, 0.2) is 81.7 Å². The Kier molecular flexibility index (Phi) is 4.73. The fraction of sp³-hybridized carbons (Fsp3) is 0.0435. The second kappa shape index (κ2) is 7.33. The van der Waals surface area contributed by atoms with Gasteiger partial charge in [-0.2, -0.15) is 0 Å². The van der Waals surface area contributed by atoms with E-state index >= 15 is 0 Å². The highest BCUT2D eigenvalue weighted by molar-refractivity contribution is 9.10. The van der Waals surface area contributed by atoms with Crippen molar-refractivity contribution in [1.82, 2.24) is 4.98 Å². The number of hydrogen-bond donors (Lipinski definition) is 0. The largest absolute Gasteiger partial charge is 0.436 e. The van der Waals surface area contributed by atoms with Gasteiger partial charge in [0, 0.05) is 10.0 Å². The third kappa shape index (κ3) is 3.76. The maximum Gasteiger partial charge on any atom is 0.231 e. The Labute approximate surface area is 165 Å². The second-order valence-corrected chi connectivity index (χ2v) is 7.21. The molecule has 0 atom stereocenters. The van der Waals surface area contributed by atoms with Gasteiger partial charge >= 0.3 is 0 Å². The lowest BCUT2D eigenvalue weighted by molar-refractivity contribution is 0.105. The molecule has 4 rings (SSSR count). The normalized spacial score (nSPS) is 11.7. The third-order valence-electron chi connectivity index (χ3n) is 4.24. The van der Waals surface area contributed by atoms with Crippen molar-refractivity contribution in [3.05, 3.63) is 99.9 Å². The highest BCUT2D eigenvalue weighted by Crippen LogP contribution is 2.27. The zero-order chi connectivity index (χ0) is 18.8. The minimum atomic E-state index is -0.124. The maximum absolute atomic E-state index is 13.2. The summed E-state index contributed by atoms with van der Waals surface area (Å²) < 4.78 is 6.83. The van der Waals surface area contributed by atoms with E-state index in [1.165, 1.54) is 0 Å². The summed E-state index contributed by atoms with van der Waals surface area (Å²) in [4.78, 5) is 17.8. The summed E-state index contributed by atoms with van der Waals surface area (Å²) in [6, 6.07) is 22.8. The van der Waals surface area contributed by atoms with Gasteiger partial charge in [0.05, 0.1) is 5.57 Å². The van der Waals surface area contributed by atoms with Crippen LogP contribution in [0.3, 0.4) is 0 Å². The first kappa shape index (κ1) is 17.4. The number of halogens is 1. The summed E-state index contributed by atoms with van der Waals surface area (Å²) in [5.41, 5.74) is 4.40. The molecule has 1 heterocycles. The summed E-state index contributed by atoms with van der Waals surface area (Å²) in [5.74, 6) is 0.197. The van der Waals surface area contributed by atoms with E-state index in [9.17, 15) is 4.79 Å². The minimum absolute atomic E-state index is 0.124. The Morgan fingerprint density at radius 2 is 1.78 bits per heavy atom. The Hall–Kier alpha value is -2.98. The number of Topliss-reactive ketones (excluding diaryl/α,β-unsaturated/α-hetero) is 1. The molecule has 0 spiro atoms. The molecule has 0 bridgehead atoms. The molecule has 0 amide bonds. The quantitative estimate of drug-likeness (QED) is 0.288. The molecular weight excluding hydrogens is 402 g/mol. The predicted octanol–water partition coefficient (Wildman–Crippen LogP) is 6.32. The van der Waals surface area contributed by atoms with E-state index in [0.29, 0.717) is 22.6 Å². The number of para-hydroxylation sites is 2. The van der Waals surface area contributed by atoms with E-state index < -0.39 is 0 Å². The first-order valence-corrected chi connectivity index (χ1v) is 9.34. The van der Waals surface area contributed by atoms with E-state index in [2.05, 4.69) is 20.9 Å². The molecule has 1 aromatic heterocycles. The van der Waals surface area contributed by atoms with Crippen LogP contribution in [0.5, 0.6) is 0 Å². The zero-order valence-electron chi connectivity index (χ0n) is 14.6. The molecule has 3 nitrogen and oxygen atoms in total. The molecule has 0 N–H and O–H groups in total. The topological polar surface area (TPSA) is 43.1 Å². The Morgan fingerprint density at radius 1 is 1.00 bits per heavy atom. The first-order valence-electron chi connectivity index (χ1n) is 8.55. The SMILES string of the molecule is Cc1ccc(C(=O)C(=Cc2cccc(Br)c2)c2nc3ccccc3o2)cc1. The number of hydrogen-bond acceptors (Lipinski definition) is 3. The first-order chi connectivity index (χ1) is 13.1. The van der Waals surface area contributed by atoms with Crippen molar-refractivity contribution < 1.29 is 9.21 Å². The number of carbonyl (C=O) groups is 1. The van der Waals surface area contributed by atoms with Gasteiger partial charge < -0.3 is 4.42 Å². The predicted molar refractivity (Wildman–Crippen MR) is 112 cm³/mol. The van der Waals surface area contributed by atoms with E-state index in [1.807, 2.05) is 85.8 Å². The summed E-state index contributed by atoms with van der Waals surface area (Å²) in [6.07, 6.45) is 1.82. The highest BCUT2D eigenvalue weighted by atomic mass is 79.9. The minimum Gasteiger partial charge on any atom is -0.436 e. The van der Waals surface area contributed by atoms with Gasteiger partial charge in [-0.25, -0.2) is 4.98 Å². The van der Waals surface area contributed by atoms with Crippen LogP contribution < -0.4 is 0 Å². The van der Waals surface area contributed by atoms with E-state index in [-0.39, 0.29) is 5.78 Å². The smallest absolute Gasteiger partial charge is 0.231 e. The number of nitrogens with zero attached hydrogens (tertiary/aromatic N) is 1. The van der Waals surface area contributed by atoms with Gasteiger partial charge in [-0.3, -0.25) is 4.79 Å². The van der Waals surface area contributed by atoms with Crippen molar-refractivity contribution in [2.45, 2.75) is 6.92 Å². The molecule has 4 aromatic rings. The van der Waals surface area contributed by atoms with Crippen molar-refractivity contribution in [3.63, 3.8) is 0 Å². The third-order valence-corrected chi connectivity index (χ3v) is 4.74. The standard InChI is InChI=1S/C23H16BrNO2/c1-15-9-11-17(12-10-15)22(26)19(14-16-5-4-6-18(24)13-16)23-25-20-7-2-3-8-21(20)27-23/h2-14H,1H3. The number of benzene rings is 3. The van der Waals surface area contributed by atoms with Crippen LogP contribution in [0, 0.1) is 6.92 Å². The molecule has 3 aromatic carbocycles. The fourth-order valence-electron chi connectivity index (χ4n) is 2.84. The molecule has 0 radical (unpaired) electrons. The number of fused-ring (bicyclic) bond motifs is 1. The molecular formula is C23H16BrNO2. The highest BCUT2D eigenvalue weighted by Gasteiger charge is 2.20. The van der Waals surface area contributed by atoms with Crippen LogP contribution in [0.2, 0.25) is 0 Å². The number of carbonyl (C=O) groups excluding carboxylic acids is 1. The Morgan fingerprint density at radius 3 is 2.52 bits per heavy atom. The monoisotopic (exact) mass is 417 g/mol. The second-order valence-electron chi connectivity index (χ2n) is 6.29. The number of rotatable bonds is 4. The van der Waals surface area contributed by atoms with Crippen molar-refractivity contribution in [2.75, 3.05) is 0 Å². The molecule has 0 aliphatic carbocycles. The summed E-state index contributed by atoms with van der Waals surface area (Å²) >= 11 is 3.47. The van der Waals surface area contributed by atoms with Gasteiger partial charge in [0.15, 0.2) is 11.4 Å². The van der Waals surface area contributed by atoms with Gasteiger partial charge in [0.25, 0.3) is 0 Å². The van der Waals surface area contributed by atoms with Crippen LogP contribution in [0.4, 0.5) is 0 Å². The van der Waals surface area contributed by atoms with E-state index in [1.54, 1.807) is 0 Å². The van der Waals surface area contributed by atoms with Crippen LogP contribution in [-0.2, 0) is 0 Å². The van der Waals surface area contributed by atoms with Gasteiger partial charge in [-0.15, -0.1) is 0 Å². The zero-order valence-corrected chi connectivity index (χ0v) is 16.2. The van der Waals surface area contributed by atoms with Crippen molar-refractivity contribution in [1.29, 1.82) is 0 Å². The molecule has 27 heavy (non-hydrogen) atoms. The van der Waals surface area contributed by atoms with E-state index in [0.717, 1.165) is 21.1 Å². The van der Waals surface area contributed by atoms with Crippen LogP contribution in [-0.4, -0.2) is 10.8 Å². The van der Waals surface area contributed by atoms with Crippen molar-refractivity contribution >= 4 is 44.5 Å². The van der Waals surface area contributed by atoms with Crippen LogP contribution in [0.1, 0.15) is 27.4 Å². The Balaban J connectivity index is 1.86. The molecule has 132 valence electrons. The molecule has 4 heteroatoms. The summed E-state index contributed by atoms with van der Waals surface area (Å²) in [5, 5.41) is 0.